The van der Waals surface area contributed by atoms with Gasteiger partial charge in [0.2, 0.25) is 0 Å². The SMILES string of the molecule is Cc1nc(C(=O)N2CCCCC2)cc(N2CCCCC2)n1. The number of hydrogen-bond acceptors (Lipinski definition) is 4. The van der Waals surface area contributed by atoms with Crippen LogP contribution in [0.2, 0.25) is 0 Å². The molecule has 0 atom stereocenters. The zero-order valence-corrected chi connectivity index (χ0v) is 12.8. The maximum atomic E-state index is 12.6. The molecule has 2 aliphatic heterocycles. The van der Waals surface area contributed by atoms with E-state index in [2.05, 4.69) is 14.9 Å². The third-order valence-electron chi connectivity index (χ3n) is 4.37. The standard InChI is InChI=1S/C16H24N4O/c1-13-17-14(16(21)20-10-6-3-7-11-20)12-15(18-13)19-8-4-2-5-9-19/h12H,2-11H2,1H3. The topological polar surface area (TPSA) is 49.3 Å². The molecule has 5 heteroatoms. The molecule has 0 bridgehead atoms. The van der Waals surface area contributed by atoms with Gasteiger partial charge in [-0.3, -0.25) is 4.79 Å². The van der Waals surface area contributed by atoms with Crippen molar-refractivity contribution in [2.45, 2.75) is 45.4 Å². The van der Waals surface area contributed by atoms with E-state index in [1.54, 1.807) is 0 Å². The first kappa shape index (κ1) is 14.3. The molecule has 1 amide bonds. The highest BCUT2D eigenvalue weighted by atomic mass is 16.2. The highest BCUT2D eigenvalue weighted by Gasteiger charge is 2.22. The Balaban J connectivity index is 1.81. The second kappa shape index (κ2) is 6.41. The maximum absolute atomic E-state index is 12.6. The van der Waals surface area contributed by atoms with Crippen LogP contribution in [0.5, 0.6) is 0 Å². The second-order valence-electron chi connectivity index (χ2n) is 6.06. The number of anilines is 1. The van der Waals surface area contributed by atoms with E-state index in [9.17, 15) is 4.79 Å². The molecule has 0 radical (unpaired) electrons. The first-order valence-corrected chi connectivity index (χ1v) is 8.14. The summed E-state index contributed by atoms with van der Waals surface area (Å²) in [5, 5.41) is 0. The summed E-state index contributed by atoms with van der Waals surface area (Å²) >= 11 is 0. The summed E-state index contributed by atoms with van der Waals surface area (Å²) in [5.41, 5.74) is 0.560. The summed E-state index contributed by atoms with van der Waals surface area (Å²) in [6.07, 6.45) is 7.15. The number of amides is 1. The average molecular weight is 288 g/mol. The molecule has 1 aromatic heterocycles. The zero-order chi connectivity index (χ0) is 14.7. The van der Waals surface area contributed by atoms with Gasteiger partial charge in [0.05, 0.1) is 0 Å². The van der Waals surface area contributed by atoms with Gasteiger partial charge in [-0.15, -0.1) is 0 Å². The molecule has 0 unspecified atom stereocenters. The number of nitrogens with zero attached hydrogens (tertiary/aromatic N) is 4. The molecule has 3 heterocycles. The average Bonchev–Trinajstić information content (AvgIpc) is 2.55. The normalized spacial score (nSPS) is 19.7. The Labute approximate surface area is 126 Å². The minimum absolute atomic E-state index is 0.0680. The summed E-state index contributed by atoms with van der Waals surface area (Å²) in [4.78, 5) is 25.7. The van der Waals surface area contributed by atoms with Crippen LogP contribution >= 0.6 is 0 Å². The Bertz CT molecular complexity index is 505. The quantitative estimate of drug-likeness (QED) is 0.838. The van der Waals surface area contributed by atoms with E-state index in [1.807, 2.05) is 17.9 Å². The lowest BCUT2D eigenvalue weighted by atomic mass is 10.1. The van der Waals surface area contributed by atoms with E-state index in [4.69, 9.17) is 0 Å². The van der Waals surface area contributed by atoms with Gasteiger partial charge in [-0.2, -0.15) is 0 Å². The van der Waals surface area contributed by atoms with Crippen LogP contribution in [0.4, 0.5) is 5.82 Å². The fourth-order valence-electron chi connectivity index (χ4n) is 3.21. The molecular formula is C16H24N4O. The number of aromatic nitrogens is 2. The van der Waals surface area contributed by atoms with Gasteiger partial charge in [0.15, 0.2) is 0 Å². The Hall–Kier alpha value is -1.65. The van der Waals surface area contributed by atoms with Gasteiger partial charge >= 0.3 is 0 Å². The van der Waals surface area contributed by atoms with Crippen LogP contribution in [0, 0.1) is 6.92 Å². The van der Waals surface area contributed by atoms with Gasteiger partial charge in [-0.1, -0.05) is 0 Å². The van der Waals surface area contributed by atoms with Gasteiger partial charge in [-0.25, -0.2) is 9.97 Å². The van der Waals surface area contributed by atoms with Crippen molar-refractivity contribution >= 4 is 11.7 Å². The van der Waals surface area contributed by atoms with Crippen LogP contribution < -0.4 is 4.90 Å². The number of piperidine rings is 2. The molecule has 1 aromatic rings. The van der Waals surface area contributed by atoms with Crippen molar-refractivity contribution < 1.29 is 4.79 Å². The molecule has 3 rings (SSSR count). The third kappa shape index (κ3) is 3.34. The molecule has 2 fully saturated rings. The molecule has 0 saturated carbocycles. The zero-order valence-electron chi connectivity index (χ0n) is 12.8. The summed E-state index contributed by atoms with van der Waals surface area (Å²) in [7, 11) is 0. The first-order chi connectivity index (χ1) is 10.2. The Morgan fingerprint density at radius 2 is 1.57 bits per heavy atom. The Morgan fingerprint density at radius 3 is 2.24 bits per heavy atom. The van der Waals surface area contributed by atoms with Gasteiger partial charge in [0.25, 0.3) is 5.91 Å². The number of likely N-dealkylation sites (tertiary alicyclic amines) is 1. The van der Waals surface area contributed by atoms with Crippen LogP contribution in [0.3, 0.4) is 0 Å². The summed E-state index contributed by atoms with van der Waals surface area (Å²) in [5.74, 6) is 1.68. The third-order valence-corrected chi connectivity index (χ3v) is 4.37. The predicted octanol–water partition coefficient (Wildman–Crippen LogP) is 2.40. The molecule has 2 aliphatic rings. The largest absolute Gasteiger partial charge is 0.356 e. The number of aryl methyl sites for hydroxylation is 1. The maximum Gasteiger partial charge on any atom is 0.272 e. The number of carbonyl (C=O) groups is 1. The summed E-state index contributed by atoms with van der Waals surface area (Å²) in [6, 6.07) is 1.88. The van der Waals surface area contributed by atoms with E-state index >= 15 is 0 Å². The molecule has 0 spiro atoms. The molecule has 5 nitrogen and oxygen atoms in total. The Morgan fingerprint density at radius 1 is 0.952 bits per heavy atom. The van der Waals surface area contributed by atoms with Gasteiger partial charge in [0, 0.05) is 32.2 Å². The number of hydrogen-bond donors (Lipinski definition) is 0. The smallest absolute Gasteiger partial charge is 0.272 e. The van der Waals surface area contributed by atoms with Crippen LogP contribution in [0.15, 0.2) is 6.07 Å². The summed E-state index contributed by atoms with van der Waals surface area (Å²) in [6.45, 7) is 5.67. The van der Waals surface area contributed by atoms with Crippen LogP contribution in [0.25, 0.3) is 0 Å². The molecule has 0 aromatic carbocycles. The van der Waals surface area contributed by atoms with Gasteiger partial charge in [0.1, 0.15) is 17.3 Å². The van der Waals surface area contributed by atoms with Crippen molar-refractivity contribution in [2.75, 3.05) is 31.1 Å². The van der Waals surface area contributed by atoms with Gasteiger partial charge < -0.3 is 9.80 Å². The fraction of sp³-hybridized carbons (Fsp3) is 0.688. The second-order valence-corrected chi connectivity index (χ2v) is 6.06. The van der Waals surface area contributed by atoms with Gasteiger partial charge in [-0.05, 0) is 45.4 Å². The molecule has 114 valence electrons. The van der Waals surface area contributed by atoms with Crippen molar-refractivity contribution in [3.05, 3.63) is 17.6 Å². The van der Waals surface area contributed by atoms with E-state index in [1.165, 1.54) is 25.7 Å². The first-order valence-electron chi connectivity index (χ1n) is 8.14. The minimum Gasteiger partial charge on any atom is -0.356 e. The number of rotatable bonds is 2. The molecule has 0 aliphatic carbocycles. The highest BCUT2D eigenvalue weighted by Crippen LogP contribution is 2.20. The number of carbonyl (C=O) groups excluding carboxylic acids is 1. The minimum atomic E-state index is 0.0680. The van der Waals surface area contributed by atoms with Crippen molar-refractivity contribution in [3.8, 4) is 0 Å². The van der Waals surface area contributed by atoms with E-state index in [0.29, 0.717) is 11.5 Å². The van der Waals surface area contributed by atoms with Crippen molar-refractivity contribution in [3.63, 3.8) is 0 Å². The van der Waals surface area contributed by atoms with E-state index in [-0.39, 0.29) is 5.91 Å². The lowest BCUT2D eigenvalue weighted by molar-refractivity contribution is 0.0718. The molecule has 21 heavy (non-hydrogen) atoms. The lowest BCUT2D eigenvalue weighted by Crippen LogP contribution is -2.36. The molecular weight excluding hydrogens is 264 g/mol. The van der Waals surface area contributed by atoms with E-state index < -0.39 is 0 Å². The van der Waals surface area contributed by atoms with Crippen molar-refractivity contribution in [1.82, 2.24) is 14.9 Å². The summed E-state index contributed by atoms with van der Waals surface area (Å²) < 4.78 is 0. The van der Waals surface area contributed by atoms with Crippen LogP contribution in [-0.2, 0) is 0 Å². The van der Waals surface area contributed by atoms with Crippen molar-refractivity contribution in [2.24, 2.45) is 0 Å². The van der Waals surface area contributed by atoms with Crippen LogP contribution in [-0.4, -0.2) is 47.0 Å². The highest BCUT2D eigenvalue weighted by molar-refractivity contribution is 5.93. The monoisotopic (exact) mass is 288 g/mol. The van der Waals surface area contributed by atoms with Crippen LogP contribution in [0.1, 0.15) is 54.8 Å². The molecule has 2 saturated heterocycles. The predicted molar refractivity (Wildman–Crippen MR) is 82.6 cm³/mol. The van der Waals surface area contributed by atoms with Crippen molar-refractivity contribution in [1.29, 1.82) is 0 Å². The molecule has 0 N–H and O–H groups in total. The fourth-order valence-corrected chi connectivity index (χ4v) is 3.21. The Kier molecular flexibility index (Phi) is 4.36. The van der Waals surface area contributed by atoms with E-state index in [0.717, 1.165) is 44.8 Å². The lowest BCUT2D eigenvalue weighted by Gasteiger charge is -2.29.